The highest BCUT2D eigenvalue weighted by atomic mass is 35.5. The second-order valence-electron chi connectivity index (χ2n) is 7.86. The lowest BCUT2D eigenvalue weighted by Gasteiger charge is -2.22. The van der Waals surface area contributed by atoms with Gasteiger partial charge in [-0.2, -0.15) is 0 Å². The molecule has 2 amide bonds. The molecule has 0 aliphatic rings. The van der Waals surface area contributed by atoms with Gasteiger partial charge in [0.05, 0.1) is 5.92 Å². The minimum Gasteiger partial charge on any atom is -0.357 e. The van der Waals surface area contributed by atoms with E-state index in [2.05, 4.69) is 10.6 Å². The van der Waals surface area contributed by atoms with Crippen molar-refractivity contribution in [3.63, 3.8) is 0 Å². The van der Waals surface area contributed by atoms with Crippen LogP contribution in [0.1, 0.15) is 38.3 Å². The van der Waals surface area contributed by atoms with Crippen molar-refractivity contribution < 1.29 is 9.59 Å². The normalized spacial score (nSPS) is 13.1. The number of rotatable bonds is 6. The molecule has 7 heteroatoms. The Kier molecular flexibility index (Phi) is 6.81. The van der Waals surface area contributed by atoms with Crippen LogP contribution >= 0.6 is 11.6 Å². The van der Waals surface area contributed by atoms with Crippen LogP contribution in [0.2, 0.25) is 5.02 Å². The molecule has 31 heavy (non-hydrogen) atoms. The van der Waals surface area contributed by atoms with Crippen molar-refractivity contribution in [3.8, 4) is 0 Å². The third-order valence-electron chi connectivity index (χ3n) is 5.44. The monoisotopic (exact) mass is 439 g/mol. The molecule has 0 unspecified atom stereocenters. The summed E-state index contributed by atoms with van der Waals surface area (Å²) in [6.07, 6.45) is 1.61. The number of carbonyl (C=O) groups is 2. The molecule has 0 spiro atoms. The molecule has 1 heterocycles. The van der Waals surface area contributed by atoms with Crippen molar-refractivity contribution in [1.82, 2.24) is 9.88 Å². The molecule has 0 fully saturated rings. The first-order valence-electron chi connectivity index (χ1n) is 10.2. The molecule has 0 aliphatic heterocycles. The SMILES string of the molecule is CNC(=O)[C@@H](C(C)C)n1ccc2c(NC(=O)[C@@H](C)c3ccc(Cl)cc3)cccc2c1=O. The highest BCUT2D eigenvalue weighted by molar-refractivity contribution is 6.30. The third-order valence-corrected chi connectivity index (χ3v) is 5.69. The van der Waals surface area contributed by atoms with E-state index in [-0.39, 0.29) is 23.3 Å². The lowest BCUT2D eigenvalue weighted by molar-refractivity contribution is -0.125. The van der Waals surface area contributed by atoms with Gasteiger partial charge in [-0.1, -0.05) is 43.6 Å². The number of carbonyl (C=O) groups excluding carboxylic acids is 2. The predicted octanol–water partition coefficient (Wildman–Crippen LogP) is 4.34. The van der Waals surface area contributed by atoms with E-state index in [0.717, 1.165) is 5.56 Å². The summed E-state index contributed by atoms with van der Waals surface area (Å²) in [5, 5.41) is 7.23. The Balaban J connectivity index is 1.97. The summed E-state index contributed by atoms with van der Waals surface area (Å²) in [7, 11) is 1.55. The minimum absolute atomic E-state index is 0.0711. The maximum absolute atomic E-state index is 13.2. The maximum atomic E-state index is 13.2. The van der Waals surface area contributed by atoms with E-state index in [4.69, 9.17) is 11.6 Å². The Bertz CT molecular complexity index is 1170. The number of fused-ring (bicyclic) bond motifs is 1. The molecule has 0 bridgehead atoms. The Morgan fingerprint density at radius 1 is 0.935 bits per heavy atom. The first-order chi connectivity index (χ1) is 14.7. The number of amides is 2. The van der Waals surface area contributed by atoms with Gasteiger partial charge in [0.25, 0.3) is 5.56 Å². The molecule has 0 aliphatic carbocycles. The Morgan fingerprint density at radius 2 is 1.61 bits per heavy atom. The highest BCUT2D eigenvalue weighted by Gasteiger charge is 2.25. The van der Waals surface area contributed by atoms with Crippen molar-refractivity contribution in [2.75, 3.05) is 12.4 Å². The number of hydrogen-bond acceptors (Lipinski definition) is 3. The van der Waals surface area contributed by atoms with Crippen LogP contribution < -0.4 is 16.2 Å². The maximum Gasteiger partial charge on any atom is 0.259 e. The molecular weight excluding hydrogens is 414 g/mol. The van der Waals surface area contributed by atoms with Crippen molar-refractivity contribution in [3.05, 3.63) is 75.7 Å². The first kappa shape index (κ1) is 22.6. The topological polar surface area (TPSA) is 80.2 Å². The van der Waals surface area contributed by atoms with Crippen molar-refractivity contribution >= 4 is 39.9 Å². The number of likely N-dealkylation sites (N-methyl/N-ethyl adjacent to an activating group) is 1. The molecule has 1 aromatic heterocycles. The molecule has 2 aromatic carbocycles. The molecular formula is C24H26ClN3O3. The average Bonchev–Trinajstić information content (AvgIpc) is 2.75. The van der Waals surface area contributed by atoms with Gasteiger partial charge in [-0.3, -0.25) is 14.4 Å². The number of nitrogens with one attached hydrogen (secondary N) is 2. The fourth-order valence-corrected chi connectivity index (χ4v) is 3.79. The van der Waals surface area contributed by atoms with Crippen LogP contribution in [0.4, 0.5) is 5.69 Å². The summed E-state index contributed by atoms with van der Waals surface area (Å²) in [4.78, 5) is 38.4. The van der Waals surface area contributed by atoms with Crippen LogP contribution in [0, 0.1) is 5.92 Å². The highest BCUT2D eigenvalue weighted by Crippen LogP contribution is 2.26. The minimum atomic E-state index is -0.620. The lowest BCUT2D eigenvalue weighted by Crippen LogP contribution is -2.38. The van der Waals surface area contributed by atoms with Crippen molar-refractivity contribution in [2.24, 2.45) is 5.92 Å². The van der Waals surface area contributed by atoms with Gasteiger partial charge in [-0.25, -0.2) is 0 Å². The number of pyridine rings is 1. The van der Waals surface area contributed by atoms with Gasteiger partial charge in [0.2, 0.25) is 11.8 Å². The van der Waals surface area contributed by atoms with E-state index in [9.17, 15) is 14.4 Å². The van der Waals surface area contributed by atoms with Gasteiger partial charge in [0.1, 0.15) is 6.04 Å². The molecule has 3 aromatic rings. The molecule has 3 rings (SSSR count). The van der Waals surface area contributed by atoms with Gasteiger partial charge in [-0.15, -0.1) is 0 Å². The Hall–Kier alpha value is -3.12. The van der Waals surface area contributed by atoms with Crippen LogP contribution in [0.3, 0.4) is 0 Å². The van der Waals surface area contributed by atoms with Crippen LogP contribution in [-0.2, 0) is 9.59 Å². The molecule has 0 saturated heterocycles. The number of hydrogen-bond donors (Lipinski definition) is 2. The molecule has 6 nitrogen and oxygen atoms in total. The van der Waals surface area contributed by atoms with Gasteiger partial charge >= 0.3 is 0 Å². The second kappa shape index (κ2) is 9.35. The Labute approximate surface area is 186 Å². The van der Waals surface area contributed by atoms with Gasteiger partial charge in [0.15, 0.2) is 0 Å². The summed E-state index contributed by atoms with van der Waals surface area (Å²) in [6, 6.07) is 13.5. The smallest absolute Gasteiger partial charge is 0.259 e. The van der Waals surface area contributed by atoms with E-state index in [0.29, 0.717) is 21.5 Å². The Morgan fingerprint density at radius 3 is 2.23 bits per heavy atom. The zero-order valence-electron chi connectivity index (χ0n) is 18.0. The quantitative estimate of drug-likeness (QED) is 0.599. The number of nitrogens with zero attached hydrogens (tertiary/aromatic N) is 1. The van der Waals surface area contributed by atoms with E-state index in [1.165, 1.54) is 4.57 Å². The number of aromatic nitrogens is 1. The fraction of sp³-hybridized carbons (Fsp3) is 0.292. The van der Waals surface area contributed by atoms with E-state index in [1.54, 1.807) is 49.6 Å². The molecule has 0 radical (unpaired) electrons. The summed E-state index contributed by atoms with van der Waals surface area (Å²) in [6.45, 7) is 5.60. The third kappa shape index (κ3) is 4.64. The second-order valence-corrected chi connectivity index (χ2v) is 8.30. The van der Waals surface area contributed by atoms with Gasteiger partial charge in [0, 0.05) is 34.7 Å². The molecule has 162 valence electrons. The van der Waals surface area contributed by atoms with E-state index >= 15 is 0 Å². The van der Waals surface area contributed by atoms with Crippen LogP contribution in [0.5, 0.6) is 0 Å². The fourth-order valence-electron chi connectivity index (χ4n) is 3.66. The van der Waals surface area contributed by atoms with Crippen molar-refractivity contribution in [1.29, 1.82) is 0 Å². The zero-order valence-corrected chi connectivity index (χ0v) is 18.7. The van der Waals surface area contributed by atoms with Gasteiger partial charge in [-0.05, 0) is 48.7 Å². The zero-order chi connectivity index (χ0) is 22.7. The van der Waals surface area contributed by atoms with E-state index in [1.807, 2.05) is 32.9 Å². The van der Waals surface area contributed by atoms with Crippen LogP contribution in [-0.4, -0.2) is 23.4 Å². The first-order valence-corrected chi connectivity index (χ1v) is 10.5. The molecule has 2 atom stereocenters. The summed E-state index contributed by atoms with van der Waals surface area (Å²) >= 11 is 5.93. The van der Waals surface area contributed by atoms with Crippen molar-refractivity contribution in [2.45, 2.75) is 32.7 Å². The van der Waals surface area contributed by atoms with Gasteiger partial charge < -0.3 is 15.2 Å². The molecule has 2 N–H and O–H groups in total. The van der Waals surface area contributed by atoms with E-state index < -0.39 is 12.0 Å². The number of anilines is 1. The number of halogens is 1. The standard InChI is InChI=1S/C24H26ClN3O3/c1-14(2)21(23(30)26-4)28-13-12-18-19(24(28)31)6-5-7-20(18)27-22(29)15(3)16-8-10-17(25)11-9-16/h5-15,21H,1-4H3,(H,26,30)(H,27,29)/t15-,21+/m0/s1. The lowest BCUT2D eigenvalue weighted by atomic mass is 10.00. The predicted molar refractivity (Wildman–Crippen MR) is 125 cm³/mol. The summed E-state index contributed by atoms with van der Waals surface area (Å²) < 4.78 is 1.45. The molecule has 0 saturated carbocycles. The summed E-state index contributed by atoms with van der Waals surface area (Å²) in [5.74, 6) is -0.883. The average molecular weight is 440 g/mol. The van der Waals surface area contributed by atoms with Crippen LogP contribution in [0.25, 0.3) is 10.8 Å². The number of benzene rings is 2. The van der Waals surface area contributed by atoms with Crippen LogP contribution in [0.15, 0.2) is 59.5 Å². The largest absolute Gasteiger partial charge is 0.357 e. The summed E-state index contributed by atoms with van der Waals surface area (Å²) in [5.41, 5.74) is 1.12.